The van der Waals surface area contributed by atoms with Gasteiger partial charge in [0.05, 0.1) is 0 Å². The zero-order chi connectivity index (χ0) is 14.5. The Kier molecular flexibility index (Phi) is 5.52. The minimum absolute atomic E-state index is 0.134. The predicted molar refractivity (Wildman–Crippen MR) is 80.9 cm³/mol. The number of hydrogen-bond donors (Lipinski definition) is 1. The van der Waals surface area contributed by atoms with Gasteiger partial charge in [0.2, 0.25) is 0 Å². The van der Waals surface area contributed by atoms with E-state index in [4.69, 9.17) is 5.73 Å². The first-order chi connectivity index (χ1) is 9.63. The van der Waals surface area contributed by atoms with E-state index >= 15 is 0 Å². The van der Waals surface area contributed by atoms with Crippen molar-refractivity contribution < 1.29 is 4.39 Å². The summed E-state index contributed by atoms with van der Waals surface area (Å²) in [5.74, 6) is -0.134. The molecular formula is C16H26FN3. The van der Waals surface area contributed by atoms with Gasteiger partial charge >= 0.3 is 0 Å². The molecule has 20 heavy (non-hydrogen) atoms. The van der Waals surface area contributed by atoms with Gasteiger partial charge < -0.3 is 10.6 Å². The van der Waals surface area contributed by atoms with Gasteiger partial charge in [-0.3, -0.25) is 4.90 Å². The molecule has 0 atom stereocenters. The molecule has 4 heteroatoms. The number of halogens is 1. The largest absolute Gasteiger partial charge is 0.326 e. The molecular weight excluding hydrogens is 253 g/mol. The van der Waals surface area contributed by atoms with Crippen LogP contribution in [0.2, 0.25) is 0 Å². The molecule has 0 spiro atoms. The highest BCUT2D eigenvalue weighted by Gasteiger charge is 2.22. The van der Waals surface area contributed by atoms with Crippen molar-refractivity contribution in [3.8, 4) is 0 Å². The summed E-state index contributed by atoms with van der Waals surface area (Å²) in [4.78, 5) is 4.76. The van der Waals surface area contributed by atoms with Gasteiger partial charge in [-0.1, -0.05) is 19.1 Å². The molecule has 0 aromatic heterocycles. The van der Waals surface area contributed by atoms with Crippen molar-refractivity contribution in [1.29, 1.82) is 0 Å². The Morgan fingerprint density at radius 2 is 2.05 bits per heavy atom. The van der Waals surface area contributed by atoms with Crippen molar-refractivity contribution >= 4 is 0 Å². The molecule has 1 aromatic carbocycles. The van der Waals surface area contributed by atoms with Gasteiger partial charge in [-0.05, 0) is 51.2 Å². The molecule has 1 aliphatic heterocycles. The molecule has 0 amide bonds. The molecule has 2 rings (SSSR count). The van der Waals surface area contributed by atoms with E-state index in [-0.39, 0.29) is 5.82 Å². The van der Waals surface area contributed by atoms with Crippen LogP contribution in [0.3, 0.4) is 0 Å². The SMILES string of the molecule is CCN1CCC(N(C)Cc2ccc(CN)cc2F)CC1. The Bertz CT molecular complexity index is 428. The van der Waals surface area contributed by atoms with Crippen LogP contribution in [0.15, 0.2) is 18.2 Å². The fourth-order valence-electron chi connectivity index (χ4n) is 2.92. The first-order valence-corrected chi connectivity index (χ1v) is 7.54. The van der Waals surface area contributed by atoms with Gasteiger partial charge in [0.25, 0.3) is 0 Å². The summed E-state index contributed by atoms with van der Waals surface area (Å²) < 4.78 is 14.0. The van der Waals surface area contributed by atoms with Crippen molar-refractivity contribution in [3.05, 3.63) is 35.1 Å². The summed E-state index contributed by atoms with van der Waals surface area (Å²) in [6.07, 6.45) is 2.35. The molecule has 0 bridgehead atoms. The molecule has 3 nitrogen and oxygen atoms in total. The number of nitrogens with two attached hydrogens (primary N) is 1. The van der Waals surface area contributed by atoms with E-state index in [1.165, 1.54) is 12.8 Å². The third kappa shape index (κ3) is 3.78. The van der Waals surface area contributed by atoms with Crippen molar-refractivity contribution in [2.45, 2.75) is 38.9 Å². The first kappa shape index (κ1) is 15.4. The molecule has 2 N–H and O–H groups in total. The maximum atomic E-state index is 14.0. The zero-order valence-electron chi connectivity index (χ0n) is 12.6. The average Bonchev–Trinajstić information content (AvgIpc) is 2.49. The summed E-state index contributed by atoms with van der Waals surface area (Å²) in [6, 6.07) is 5.91. The number of hydrogen-bond acceptors (Lipinski definition) is 3. The average molecular weight is 279 g/mol. The van der Waals surface area contributed by atoms with Crippen molar-refractivity contribution in [1.82, 2.24) is 9.80 Å². The Balaban J connectivity index is 1.93. The number of nitrogens with zero attached hydrogens (tertiary/aromatic N) is 2. The first-order valence-electron chi connectivity index (χ1n) is 7.54. The lowest BCUT2D eigenvalue weighted by Gasteiger charge is -2.36. The topological polar surface area (TPSA) is 32.5 Å². The van der Waals surface area contributed by atoms with Crippen LogP contribution in [0, 0.1) is 5.82 Å². The van der Waals surface area contributed by atoms with Crippen LogP contribution >= 0.6 is 0 Å². The van der Waals surface area contributed by atoms with Crippen LogP contribution in [-0.2, 0) is 13.1 Å². The third-order valence-electron chi connectivity index (χ3n) is 4.40. The van der Waals surface area contributed by atoms with Crippen LogP contribution < -0.4 is 5.73 Å². The molecule has 1 fully saturated rings. The highest BCUT2D eigenvalue weighted by Crippen LogP contribution is 2.19. The smallest absolute Gasteiger partial charge is 0.128 e. The molecule has 0 aliphatic carbocycles. The number of piperidine rings is 1. The number of rotatable bonds is 5. The Morgan fingerprint density at radius 1 is 1.35 bits per heavy atom. The quantitative estimate of drug-likeness (QED) is 0.897. The van der Waals surface area contributed by atoms with Crippen molar-refractivity contribution in [2.24, 2.45) is 5.73 Å². The van der Waals surface area contributed by atoms with E-state index in [2.05, 4.69) is 23.8 Å². The van der Waals surface area contributed by atoms with Gasteiger partial charge in [-0.2, -0.15) is 0 Å². The molecule has 0 saturated carbocycles. The van der Waals surface area contributed by atoms with Crippen LogP contribution in [0.25, 0.3) is 0 Å². The lowest BCUT2D eigenvalue weighted by molar-refractivity contribution is 0.126. The van der Waals surface area contributed by atoms with E-state index in [0.717, 1.165) is 30.8 Å². The summed E-state index contributed by atoms with van der Waals surface area (Å²) in [7, 11) is 2.10. The van der Waals surface area contributed by atoms with Crippen LogP contribution in [-0.4, -0.2) is 42.5 Å². The van der Waals surface area contributed by atoms with Gasteiger partial charge in [-0.15, -0.1) is 0 Å². The second-order valence-electron chi connectivity index (χ2n) is 5.71. The lowest BCUT2D eigenvalue weighted by atomic mass is 10.0. The maximum Gasteiger partial charge on any atom is 0.128 e. The normalized spacial score (nSPS) is 17.9. The maximum absolute atomic E-state index is 14.0. The summed E-state index contributed by atoms with van der Waals surface area (Å²) in [5.41, 5.74) is 7.15. The monoisotopic (exact) mass is 279 g/mol. The zero-order valence-corrected chi connectivity index (χ0v) is 12.6. The fraction of sp³-hybridized carbons (Fsp3) is 0.625. The van der Waals surface area contributed by atoms with E-state index < -0.39 is 0 Å². The Hall–Kier alpha value is -0.970. The van der Waals surface area contributed by atoms with Crippen LogP contribution in [0.5, 0.6) is 0 Å². The third-order valence-corrected chi connectivity index (χ3v) is 4.40. The predicted octanol–water partition coefficient (Wildman–Crippen LogP) is 2.20. The molecule has 1 heterocycles. The Morgan fingerprint density at radius 3 is 2.60 bits per heavy atom. The minimum atomic E-state index is -0.134. The van der Waals surface area contributed by atoms with Crippen molar-refractivity contribution in [2.75, 3.05) is 26.7 Å². The summed E-state index contributed by atoms with van der Waals surface area (Å²) >= 11 is 0. The molecule has 112 valence electrons. The lowest BCUT2D eigenvalue weighted by Crippen LogP contribution is -2.43. The van der Waals surface area contributed by atoms with Crippen molar-refractivity contribution in [3.63, 3.8) is 0 Å². The van der Waals surface area contributed by atoms with Crippen LogP contribution in [0.4, 0.5) is 4.39 Å². The van der Waals surface area contributed by atoms with Gasteiger partial charge in [0, 0.05) is 24.7 Å². The highest BCUT2D eigenvalue weighted by atomic mass is 19.1. The summed E-state index contributed by atoms with van der Waals surface area (Å²) in [6.45, 7) is 6.71. The van der Waals surface area contributed by atoms with Gasteiger partial charge in [0.15, 0.2) is 0 Å². The minimum Gasteiger partial charge on any atom is -0.326 e. The molecule has 1 aromatic rings. The summed E-state index contributed by atoms with van der Waals surface area (Å²) in [5, 5.41) is 0. The fourth-order valence-corrected chi connectivity index (χ4v) is 2.92. The van der Waals surface area contributed by atoms with Gasteiger partial charge in [-0.25, -0.2) is 4.39 Å². The Labute approximate surface area is 121 Å². The number of likely N-dealkylation sites (tertiary alicyclic amines) is 1. The van der Waals surface area contributed by atoms with E-state index in [0.29, 0.717) is 19.1 Å². The standard InChI is InChI=1S/C16H26FN3/c1-3-20-8-6-15(7-9-20)19(2)12-14-5-4-13(11-18)10-16(14)17/h4-5,10,15H,3,6-9,11-12,18H2,1-2H3. The van der Waals surface area contributed by atoms with Gasteiger partial charge in [0.1, 0.15) is 5.82 Å². The molecule has 0 radical (unpaired) electrons. The molecule has 0 unspecified atom stereocenters. The second-order valence-corrected chi connectivity index (χ2v) is 5.71. The van der Waals surface area contributed by atoms with E-state index in [1.807, 2.05) is 12.1 Å². The molecule has 1 aliphatic rings. The van der Waals surface area contributed by atoms with E-state index in [9.17, 15) is 4.39 Å². The molecule has 1 saturated heterocycles. The van der Waals surface area contributed by atoms with E-state index in [1.54, 1.807) is 6.07 Å². The highest BCUT2D eigenvalue weighted by molar-refractivity contribution is 5.24. The number of benzene rings is 1. The second kappa shape index (κ2) is 7.16. The van der Waals surface area contributed by atoms with Crippen LogP contribution in [0.1, 0.15) is 30.9 Å².